The summed E-state index contributed by atoms with van der Waals surface area (Å²) in [5.74, 6) is 1.43. The molecule has 5 heteroatoms. The molecule has 0 unspecified atom stereocenters. The third-order valence-corrected chi connectivity index (χ3v) is 2.00. The standard InChI is InChI=1S/C13H17N3O2.C2H6/c1-9(2)18-11(4)8-16-13(17)10(3)7-12-14-5-6-15-12;1-2/h5-7H,1,4,8H2,2-3H3,(H,14,15)(H,16,17);1-2H3/b10-7+;. The minimum atomic E-state index is -0.196. The lowest BCUT2D eigenvalue weighted by atomic mass is 10.2. The summed E-state index contributed by atoms with van der Waals surface area (Å²) in [5, 5.41) is 2.69. The molecule has 0 aliphatic heterocycles. The number of carbonyl (C=O) groups is 1. The van der Waals surface area contributed by atoms with Crippen LogP contribution in [0.25, 0.3) is 6.08 Å². The van der Waals surface area contributed by atoms with E-state index in [-0.39, 0.29) is 12.5 Å². The van der Waals surface area contributed by atoms with Crippen molar-refractivity contribution < 1.29 is 9.53 Å². The Hall–Kier alpha value is -2.30. The van der Waals surface area contributed by atoms with Crippen LogP contribution in [-0.2, 0) is 9.53 Å². The molecular formula is C15H23N3O2. The van der Waals surface area contributed by atoms with Crippen molar-refractivity contribution in [1.29, 1.82) is 0 Å². The molecular weight excluding hydrogens is 254 g/mol. The van der Waals surface area contributed by atoms with Crippen LogP contribution in [0.1, 0.15) is 33.5 Å². The molecule has 0 aliphatic rings. The second-order valence-electron chi connectivity index (χ2n) is 3.83. The summed E-state index contributed by atoms with van der Waals surface area (Å²) >= 11 is 0. The van der Waals surface area contributed by atoms with Crippen molar-refractivity contribution in [3.63, 3.8) is 0 Å². The third kappa shape index (κ3) is 7.20. The van der Waals surface area contributed by atoms with Crippen molar-refractivity contribution in [2.75, 3.05) is 6.54 Å². The second-order valence-corrected chi connectivity index (χ2v) is 3.83. The largest absolute Gasteiger partial charge is 0.466 e. The zero-order valence-corrected chi connectivity index (χ0v) is 12.6. The summed E-state index contributed by atoms with van der Waals surface area (Å²) in [4.78, 5) is 18.6. The van der Waals surface area contributed by atoms with Crippen LogP contribution in [0.4, 0.5) is 0 Å². The fraction of sp³-hybridized carbons (Fsp3) is 0.333. The average Bonchev–Trinajstić information content (AvgIpc) is 2.90. The molecule has 0 saturated heterocycles. The van der Waals surface area contributed by atoms with Crippen molar-refractivity contribution in [1.82, 2.24) is 15.3 Å². The maximum atomic E-state index is 11.7. The molecule has 1 aromatic rings. The van der Waals surface area contributed by atoms with Crippen LogP contribution in [-0.4, -0.2) is 22.4 Å². The van der Waals surface area contributed by atoms with Crippen LogP contribution in [0.2, 0.25) is 0 Å². The first-order chi connectivity index (χ1) is 9.49. The maximum absolute atomic E-state index is 11.7. The summed E-state index contributed by atoms with van der Waals surface area (Å²) in [5.41, 5.74) is 0.549. The topological polar surface area (TPSA) is 67.0 Å². The number of aromatic nitrogens is 2. The van der Waals surface area contributed by atoms with Crippen LogP contribution in [0, 0.1) is 0 Å². The van der Waals surface area contributed by atoms with E-state index in [4.69, 9.17) is 4.74 Å². The molecule has 0 bridgehead atoms. The summed E-state index contributed by atoms with van der Waals surface area (Å²) in [7, 11) is 0. The number of ether oxygens (including phenoxy) is 1. The number of allylic oxidation sites excluding steroid dienone is 1. The normalized spacial score (nSPS) is 10.1. The fourth-order valence-electron chi connectivity index (χ4n) is 1.23. The molecule has 0 aromatic carbocycles. The minimum absolute atomic E-state index is 0.196. The van der Waals surface area contributed by atoms with Gasteiger partial charge in [-0.1, -0.05) is 27.0 Å². The molecule has 0 radical (unpaired) electrons. The number of carbonyl (C=O) groups excluding carboxylic acids is 1. The number of nitrogens with zero attached hydrogens (tertiary/aromatic N) is 1. The second kappa shape index (κ2) is 9.61. The van der Waals surface area contributed by atoms with E-state index in [2.05, 4.69) is 28.4 Å². The molecule has 0 spiro atoms. The van der Waals surface area contributed by atoms with Gasteiger partial charge >= 0.3 is 0 Å². The summed E-state index contributed by atoms with van der Waals surface area (Å²) in [6.07, 6.45) is 4.98. The Morgan fingerprint density at radius 2 is 2.10 bits per heavy atom. The van der Waals surface area contributed by atoms with Gasteiger partial charge in [0, 0.05) is 18.0 Å². The molecule has 0 saturated carbocycles. The van der Waals surface area contributed by atoms with Gasteiger partial charge in [0.15, 0.2) is 0 Å². The number of hydrogen-bond donors (Lipinski definition) is 2. The molecule has 1 aromatic heterocycles. The third-order valence-electron chi connectivity index (χ3n) is 2.00. The Labute approximate surface area is 120 Å². The molecule has 0 fully saturated rings. The van der Waals surface area contributed by atoms with Gasteiger partial charge in [-0.05, 0) is 19.9 Å². The van der Waals surface area contributed by atoms with Gasteiger partial charge < -0.3 is 15.0 Å². The average molecular weight is 277 g/mol. The molecule has 5 nitrogen and oxygen atoms in total. The highest BCUT2D eigenvalue weighted by Gasteiger charge is 2.05. The van der Waals surface area contributed by atoms with E-state index in [1.807, 2.05) is 13.8 Å². The highest BCUT2D eigenvalue weighted by Crippen LogP contribution is 2.03. The Bertz CT molecular complexity index is 473. The van der Waals surface area contributed by atoms with E-state index >= 15 is 0 Å². The maximum Gasteiger partial charge on any atom is 0.247 e. The molecule has 20 heavy (non-hydrogen) atoms. The number of H-pyrrole nitrogens is 1. The van der Waals surface area contributed by atoms with Gasteiger partial charge in [-0.15, -0.1) is 0 Å². The first kappa shape index (κ1) is 17.7. The highest BCUT2D eigenvalue weighted by molar-refractivity contribution is 5.96. The summed E-state index contributed by atoms with van der Waals surface area (Å²) in [6.45, 7) is 14.9. The summed E-state index contributed by atoms with van der Waals surface area (Å²) in [6, 6.07) is 0. The van der Waals surface area contributed by atoms with Crippen molar-refractivity contribution in [3.8, 4) is 0 Å². The van der Waals surface area contributed by atoms with E-state index in [0.29, 0.717) is 22.9 Å². The van der Waals surface area contributed by atoms with E-state index in [9.17, 15) is 4.79 Å². The predicted molar refractivity (Wildman–Crippen MR) is 81.6 cm³/mol. The fourth-order valence-corrected chi connectivity index (χ4v) is 1.23. The highest BCUT2D eigenvalue weighted by atomic mass is 16.5. The lowest BCUT2D eigenvalue weighted by molar-refractivity contribution is -0.117. The smallest absolute Gasteiger partial charge is 0.247 e. The molecule has 0 atom stereocenters. The van der Waals surface area contributed by atoms with Gasteiger partial charge in [-0.2, -0.15) is 0 Å². The van der Waals surface area contributed by atoms with Crippen LogP contribution >= 0.6 is 0 Å². The van der Waals surface area contributed by atoms with Crippen LogP contribution in [0.5, 0.6) is 0 Å². The number of hydrogen-bond acceptors (Lipinski definition) is 3. The molecule has 2 N–H and O–H groups in total. The first-order valence-corrected chi connectivity index (χ1v) is 6.46. The predicted octanol–water partition coefficient (Wildman–Crippen LogP) is 3.02. The first-order valence-electron chi connectivity index (χ1n) is 6.46. The van der Waals surface area contributed by atoms with E-state index in [1.165, 1.54) is 0 Å². The van der Waals surface area contributed by atoms with Gasteiger partial charge in [0.25, 0.3) is 0 Å². The molecule has 0 aliphatic carbocycles. The number of aromatic amines is 1. The zero-order valence-electron chi connectivity index (χ0n) is 12.6. The Kier molecular flexibility index (Phi) is 8.50. The van der Waals surface area contributed by atoms with E-state index < -0.39 is 0 Å². The van der Waals surface area contributed by atoms with Gasteiger partial charge in [0.1, 0.15) is 11.6 Å². The quantitative estimate of drug-likeness (QED) is 0.620. The van der Waals surface area contributed by atoms with Crippen LogP contribution < -0.4 is 5.32 Å². The Morgan fingerprint density at radius 1 is 1.45 bits per heavy atom. The van der Waals surface area contributed by atoms with Crippen molar-refractivity contribution in [2.24, 2.45) is 0 Å². The van der Waals surface area contributed by atoms with Crippen molar-refractivity contribution in [2.45, 2.75) is 27.7 Å². The van der Waals surface area contributed by atoms with E-state index in [1.54, 1.807) is 32.3 Å². The molecule has 1 heterocycles. The van der Waals surface area contributed by atoms with Crippen LogP contribution in [0.15, 0.2) is 42.6 Å². The Balaban J connectivity index is 0.00000172. The number of nitrogens with one attached hydrogen (secondary N) is 2. The van der Waals surface area contributed by atoms with Crippen molar-refractivity contribution in [3.05, 3.63) is 48.5 Å². The molecule has 110 valence electrons. The van der Waals surface area contributed by atoms with Gasteiger partial charge in [-0.25, -0.2) is 4.98 Å². The van der Waals surface area contributed by atoms with Gasteiger partial charge in [0.2, 0.25) is 5.91 Å². The number of amides is 1. The Morgan fingerprint density at radius 3 is 2.60 bits per heavy atom. The lowest BCUT2D eigenvalue weighted by Gasteiger charge is -2.09. The SMILES string of the molecule is C=C(C)OC(=C)CNC(=O)/C(C)=C/c1ncc[nH]1.CC. The van der Waals surface area contributed by atoms with Crippen LogP contribution in [0.3, 0.4) is 0 Å². The van der Waals surface area contributed by atoms with Gasteiger partial charge in [-0.3, -0.25) is 4.79 Å². The molecule has 1 amide bonds. The number of rotatable bonds is 6. The van der Waals surface area contributed by atoms with Gasteiger partial charge in [0.05, 0.1) is 12.3 Å². The number of imidazole rings is 1. The molecule has 1 rings (SSSR count). The minimum Gasteiger partial charge on any atom is -0.466 e. The van der Waals surface area contributed by atoms with E-state index in [0.717, 1.165) is 0 Å². The van der Waals surface area contributed by atoms with Crippen molar-refractivity contribution >= 4 is 12.0 Å². The lowest BCUT2D eigenvalue weighted by Crippen LogP contribution is -2.26. The monoisotopic (exact) mass is 277 g/mol. The zero-order chi connectivity index (χ0) is 15.5. The summed E-state index contributed by atoms with van der Waals surface area (Å²) < 4.78 is 5.14.